The summed E-state index contributed by atoms with van der Waals surface area (Å²) in [5.74, 6) is 0.626. The number of hydrogen-bond acceptors (Lipinski definition) is 2. The molecule has 2 nitrogen and oxygen atoms in total. The van der Waals surface area contributed by atoms with E-state index in [-0.39, 0.29) is 0 Å². The highest BCUT2D eigenvalue weighted by atomic mass is 79.9. The quantitative estimate of drug-likeness (QED) is 0.830. The first-order chi connectivity index (χ1) is 9.65. The number of nitrogens with two attached hydrogens (primary N) is 1. The van der Waals surface area contributed by atoms with E-state index in [1.165, 1.54) is 17.7 Å². The molecule has 0 aliphatic carbocycles. The lowest BCUT2D eigenvalue weighted by molar-refractivity contribution is 0.775. The highest BCUT2D eigenvalue weighted by Crippen LogP contribution is 2.36. The van der Waals surface area contributed by atoms with Crippen molar-refractivity contribution < 1.29 is 0 Å². The van der Waals surface area contributed by atoms with Gasteiger partial charge in [-0.2, -0.15) is 0 Å². The van der Waals surface area contributed by atoms with Crippen LogP contribution < -0.4 is 10.6 Å². The Balaban J connectivity index is 1.82. The molecule has 2 aromatic rings. The third-order valence-corrected chi connectivity index (χ3v) is 4.77. The predicted octanol–water partition coefficient (Wildman–Crippen LogP) is 4.33. The molecule has 104 valence electrons. The summed E-state index contributed by atoms with van der Waals surface area (Å²) in [6.45, 7) is 4.24. The number of nitrogen functional groups attached to an aromatic ring is 1. The van der Waals surface area contributed by atoms with Crippen molar-refractivity contribution in [3.63, 3.8) is 0 Å². The summed E-state index contributed by atoms with van der Waals surface area (Å²) >= 11 is 3.65. The van der Waals surface area contributed by atoms with E-state index < -0.39 is 0 Å². The van der Waals surface area contributed by atoms with Crippen LogP contribution in [0.5, 0.6) is 0 Å². The minimum atomic E-state index is 0.626. The summed E-state index contributed by atoms with van der Waals surface area (Å²) in [4.78, 5) is 2.45. The van der Waals surface area contributed by atoms with E-state index in [2.05, 4.69) is 64.2 Å². The van der Waals surface area contributed by atoms with Gasteiger partial charge in [0.15, 0.2) is 0 Å². The molecule has 0 radical (unpaired) electrons. The van der Waals surface area contributed by atoms with Gasteiger partial charge in [-0.1, -0.05) is 30.3 Å². The third-order valence-electron chi connectivity index (χ3n) is 4.14. The number of aryl methyl sites for hydroxylation is 1. The van der Waals surface area contributed by atoms with E-state index in [9.17, 15) is 0 Å². The van der Waals surface area contributed by atoms with E-state index in [0.29, 0.717) is 5.92 Å². The maximum atomic E-state index is 5.96. The van der Waals surface area contributed by atoms with Gasteiger partial charge in [0, 0.05) is 29.2 Å². The van der Waals surface area contributed by atoms with Crippen LogP contribution in [0.3, 0.4) is 0 Å². The van der Waals surface area contributed by atoms with Gasteiger partial charge in [-0.15, -0.1) is 0 Å². The Morgan fingerprint density at radius 3 is 2.70 bits per heavy atom. The first-order valence-corrected chi connectivity index (χ1v) is 7.80. The summed E-state index contributed by atoms with van der Waals surface area (Å²) in [6, 6.07) is 15.0. The topological polar surface area (TPSA) is 29.3 Å². The molecule has 0 bridgehead atoms. The van der Waals surface area contributed by atoms with Crippen molar-refractivity contribution in [3.8, 4) is 0 Å². The second kappa shape index (κ2) is 5.49. The molecular formula is C17H19BrN2. The fourth-order valence-corrected chi connectivity index (χ4v) is 3.51. The standard InChI is InChI=1S/C17H19BrN2/c1-12-9-17(15(18)10-16(12)19)20-8-7-14(11-20)13-5-3-2-4-6-13/h2-6,9-10,14H,7-8,11,19H2,1H3. The maximum Gasteiger partial charge on any atom is 0.0515 e. The molecule has 1 saturated heterocycles. The van der Waals surface area contributed by atoms with Crippen molar-refractivity contribution in [2.45, 2.75) is 19.3 Å². The van der Waals surface area contributed by atoms with E-state index in [4.69, 9.17) is 5.73 Å². The highest BCUT2D eigenvalue weighted by molar-refractivity contribution is 9.10. The Kier molecular flexibility index (Phi) is 3.70. The molecule has 0 saturated carbocycles. The summed E-state index contributed by atoms with van der Waals surface area (Å²) in [7, 11) is 0. The van der Waals surface area contributed by atoms with Gasteiger partial charge in [-0.25, -0.2) is 0 Å². The Hall–Kier alpha value is -1.48. The van der Waals surface area contributed by atoms with Crippen LogP contribution in [0.25, 0.3) is 0 Å². The minimum Gasteiger partial charge on any atom is -0.398 e. The van der Waals surface area contributed by atoms with Crippen molar-refractivity contribution in [2.24, 2.45) is 0 Å². The molecule has 3 rings (SSSR count). The van der Waals surface area contributed by atoms with Crippen molar-refractivity contribution in [3.05, 3.63) is 58.1 Å². The fraction of sp³-hybridized carbons (Fsp3) is 0.294. The normalized spacial score (nSPS) is 18.5. The molecule has 2 aromatic carbocycles. The zero-order chi connectivity index (χ0) is 14.1. The fourth-order valence-electron chi connectivity index (χ4n) is 2.90. The van der Waals surface area contributed by atoms with Gasteiger partial charge in [-0.3, -0.25) is 0 Å². The van der Waals surface area contributed by atoms with Crippen LogP contribution in [0.4, 0.5) is 11.4 Å². The monoisotopic (exact) mass is 330 g/mol. The van der Waals surface area contributed by atoms with E-state index >= 15 is 0 Å². The molecule has 0 spiro atoms. The van der Waals surface area contributed by atoms with Crippen LogP contribution in [0.1, 0.15) is 23.5 Å². The van der Waals surface area contributed by atoms with Gasteiger partial charge in [0.1, 0.15) is 0 Å². The first kappa shape index (κ1) is 13.5. The molecular weight excluding hydrogens is 312 g/mol. The smallest absolute Gasteiger partial charge is 0.0515 e. The number of anilines is 2. The third kappa shape index (κ3) is 2.55. The van der Waals surface area contributed by atoms with Crippen LogP contribution in [0, 0.1) is 6.92 Å². The molecule has 1 aliphatic heterocycles. The second-order valence-corrected chi connectivity index (χ2v) is 6.36. The summed E-state index contributed by atoms with van der Waals surface area (Å²) in [6.07, 6.45) is 1.21. The van der Waals surface area contributed by atoms with Crippen molar-refractivity contribution >= 4 is 27.3 Å². The molecule has 2 N–H and O–H groups in total. The minimum absolute atomic E-state index is 0.626. The van der Waals surface area contributed by atoms with Gasteiger partial charge in [0.25, 0.3) is 0 Å². The predicted molar refractivity (Wildman–Crippen MR) is 89.3 cm³/mol. The zero-order valence-corrected chi connectivity index (χ0v) is 13.2. The molecule has 1 unspecified atom stereocenters. The largest absolute Gasteiger partial charge is 0.398 e. The van der Waals surface area contributed by atoms with Gasteiger partial charge >= 0.3 is 0 Å². The van der Waals surface area contributed by atoms with Crippen LogP contribution in [-0.2, 0) is 0 Å². The molecule has 1 heterocycles. The highest BCUT2D eigenvalue weighted by Gasteiger charge is 2.25. The van der Waals surface area contributed by atoms with E-state index in [1.54, 1.807) is 0 Å². The number of rotatable bonds is 2. The van der Waals surface area contributed by atoms with Gasteiger partial charge in [0.05, 0.1) is 5.69 Å². The average molecular weight is 331 g/mol. The van der Waals surface area contributed by atoms with Gasteiger partial charge in [0.2, 0.25) is 0 Å². The second-order valence-electron chi connectivity index (χ2n) is 5.50. The lowest BCUT2D eigenvalue weighted by Crippen LogP contribution is -2.20. The SMILES string of the molecule is Cc1cc(N2CCC(c3ccccc3)C2)c(Br)cc1N. The Morgan fingerprint density at radius 2 is 1.95 bits per heavy atom. The Bertz CT molecular complexity index is 610. The molecule has 20 heavy (non-hydrogen) atoms. The molecule has 0 aromatic heterocycles. The Labute approximate surface area is 128 Å². The average Bonchev–Trinajstić information content (AvgIpc) is 2.93. The number of benzene rings is 2. The molecule has 3 heteroatoms. The van der Waals surface area contributed by atoms with Crippen LogP contribution in [0.15, 0.2) is 46.9 Å². The zero-order valence-electron chi connectivity index (χ0n) is 11.6. The van der Waals surface area contributed by atoms with Crippen LogP contribution in [0.2, 0.25) is 0 Å². The number of halogens is 1. The van der Waals surface area contributed by atoms with E-state index in [1.807, 2.05) is 6.07 Å². The summed E-state index contributed by atoms with van der Waals surface area (Å²) < 4.78 is 1.09. The van der Waals surface area contributed by atoms with Crippen LogP contribution in [-0.4, -0.2) is 13.1 Å². The molecule has 1 atom stereocenters. The summed E-state index contributed by atoms with van der Waals surface area (Å²) in [5.41, 5.74) is 10.7. The van der Waals surface area contributed by atoms with Crippen molar-refractivity contribution in [2.75, 3.05) is 23.7 Å². The Morgan fingerprint density at radius 1 is 1.20 bits per heavy atom. The lowest BCUT2D eigenvalue weighted by atomic mass is 9.99. The number of nitrogens with zero attached hydrogens (tertiary/aromatic N) is 1. The van der Waals surface area contributed by atoms with Crippen molar-refractivity contribution in [1.29, 1.82) is 0 Å². The molecule has 1 fully saturated rings. The van der Waals surface area contributed by atoms with Crippen molar-refractivity contribution in [1.82, 2.24) is 0 Å². The van der Waals surface area contributed by atoms with Gasteiger partial charge in [-0.05, 0) is 52.5 Å². The molecule has 0 amide bonds. The maximum absolute atomic E-state index is 5.96. The lowest BCUT2D eigenvalue weighted by Gasteiger charge is -2.21. The van der Waals surface area contributed by atoms with E-state index in [0.717, 1.165) is 28.8 Å². The van der Waals surface area contributed by atoms with Gasteiger partial charge < -0.3 is 10.6 Å². The molecule has 1 aliphatic rings. The summed E-state index contributed by atoms with van der Waals surface area (Å²) in [5, 5.41) is 0. The first-order valence-electron chi connectivity index (χ1n) is 7.00. The number of hydrogen-bond donors (Lipinski definition) is 1. The van der Waals surface area contributed by atoms with Crippen LogP contribution >= 0.6 is 15.9 Å².